The fourth-order valence-electron chi connectivity index (χ4n) is 4.11. The molecule has 1 aliphatic heterocycles. The lowest BCUT2D eigenvalue weighted by Gasteiger charge is -2.40. The number of benzene rings is 1. The molecule has 0 unspecified atom stereocenters. The summed E-state index contributed by atoms with van der Waals surface area (Å²) in [4.78, 5) is 18.6. The normalized spacial score (nSPS) is 16.7. The van der Waals surface area contributed by atoms with E-state index in [4.69, 9.17) is 4.74 Å². The second-order valence-electron chi connectivity index (χ2n) is 8.80. The van der Waals surface area contributed by atoms with Gasteiger partial charge in [-0.3, -0.25) is 5.10 Å². The summed E-state index contributed by atoms with van der Waals surface area (Å²) in [5.41, 5.74) is 1.22. The van der Waals surface area contributed by atoms with Crippen LogP contribution in [-0.4, -0.2) is 56.0 Å². The molecule has 4 rings (SSSR count). The Morgan fingerprint density at radius 3 is 2.70 bits per heavy atom. The number of carbonyl (C=O) groups is 1. The number of hydrogen-bond donors (Lipinski definition) is 2. The minimum Gasteiger partial charge on any atom is -0.444 e. The number of aromatic amines is 1. The first kappa shape index (κ1) is 20.2. The SMILES string of the molecule is CC(C)(C)OC(=O)N1CCC(CO)(c2c[nH]n3c2nc2cc(F)cc(C#N)c23)CC1. The fraction of sp³-hybridized carbons (Fsp3) is 0.476. The number of aliphatic hydroxyl groups excluding tert-OH is 1. The Kier molecular flexibility index (Phi) is 4.70. The molecule has 8 nitrogen and oxygen atoms in total. The van der Waals surface area contributed by atoms with E-state index >= 15 is 0 Å². The molecule has 0 bridgehead atoms. The van der Waals surface area contributed by atoms with E-state index in [2.05, 4.69) is 10.1 Å². The van der Waals surface area contributed by atoms with Crippen molar-refractivity contribution >= 4 is 22.8 Å². The van der Waals surface area contributed by atoms with Crippen molar-refractivity contribution in [2.75, 3.05) is 19.7 Å². The molecule has 1 amide bonds. The first-order valence-corrected chi connectivity index (χ1v) is 9.86. The summed E-state index contributed by atoms with van der Waals surface area (Å²) < 4.78 is 21.0. The van der Waals surface area contributed by atoms with Crippen molar-refractivity contribution in [1.82, 2.24) is 19.5 Å². The van der Waals surface area contributed by atoms with Crippen LogP contribution in [0.3, 0.4) is 0 Å². The molecule has 30 heavy (non-hydrogen) atoms. The number of rotatable bonds is 2. The van der Waals surface area contributed by atoms with Crippen molar-refractivity contribution in [3.05, 3.63) is 35.3 Å². The Morgan fingerprint density at radius 1 is 1.40 bits per heavy atom. The van der Waals surface area contributed by atoms with E-state index in [0.29, 0.717) is 42.6 Å². The minimum absolute atomic E-state index is 0.120. The molecule has 1 fully saturated rings. The maximum absolute atomic E-state index is 13.9. The van der Waals surface area contributed by atoms with Crippen LogP contribution in [0.2, 0.25) is 0 Å². The summed E-state index contributed by atoms with van der Waals surface area (Å²) in [5, 5.41) is 22.8. The van der Waals surface area contributed by atoms with Crippen LogP contribution in [0.25, 0.3) is 16.7 Å². The number of fused-ring (bicyclic) bond motifs is 3. The van der Waals surface area contributed by atoms with Gasteiger partial charge in [0.1, 0.15) is 23.0 Å². The largest absolute Gasteiger partial charge is 0.444 e. The van der Waals surface area contributed by atoms with Crippen molar-refractivity contribution in [3.8, 4) is 6.07 Å². The number of H-pyrrole nitrogens is 1. The first-order valence-electron chi connectivity index (χ1n) is 9.86. The van der Waals surface area contributed by atoms with Gasteiger partial charge >= 0.3 is 6.09 Å². The molecule has 1 aliphatic rings. The Bertz CT molecular complexity index is 1160. The molecule has 9 heteroatoms. The van der Waals surface area contributed by atoms with Crippen molar-refractivity contribution < 1.29 is 19.0 Å². The summed E-state index contributed by atoms with van der Waals surface area (Å²) in [5.74, 6) is -0.524. The molecule has 1 saturated heterocycles. The van der Waals surface area contributed by atoms with Crippen LogP contribution in [0.1, 0.15) is 44.7 Å². The number of aromatic nitrogens is 3. The average molecular weight is 413 g/mol. The second-order valence-corrected chi connectivity index (χ2v) is 8.80. The highest BCUT2D eigenvalue weighted by Gasteiger charge is 2.40. The summed E-state index contributed by atoms with van der Waals surface area (Å²) in [6.07, 6.45) is 2.46. The van der Waals surface area contributed by atoms with Crippen molar-refractivity contribution in [3.63, 3.8) is 0 Å². The summed E-state index contributed by atoms with van der Waals surface area (Å²) in [6, 6.07) is 4.48. The number of piperidine rings is 1. The van der Waals surface area contributed by atoms with E-state index in [-0.39, 0.29) is 18.3 Å². The van der Waals surface area contributed by atoms with Gasteiger partial charge < -0.3 is 14.7 Å². The molecule has 0 spiro atoms. The van der Waals surface area contributed by atoms with E-state index in [1.807, 2.05) is 26.8 Å². The third kappa shape index (κ3) is 3.27. The summed E-state index contributed by atoms with van der Waals surface area (Å²) >= 11 is 0. The van der Waals surface area contributed by atoms with Gasteiger partial charge in [0, 0.05) is 36.3 Å². The number of amides is 1. The van der Waals surface area contributed by atoms with Gasteiger partial charge in [-0.15, -0.1) is 0 Å². The van der Waals surface area contributed by atoms with Gasteiger partial charge in [0.2, 0.25) is 0 Å². The lowest BCUT2D eigenvalue weighted by Crippen LogP contribution is -2.48. The van der Waals surface area contributed by atoms with Crippen LogP contribution in [0.4, 0.5) is 9.18 Å². The zero-order valence-corrected chi connectivity index (χ0v) is 17.2. The van der Waals surface area contributed by atoms with Gasteiger partial charge in [-0.25, -0.2) is 18.7 Å². The lowest BCUT2D eigenvalue weighted by atomic mass is 9.74. The zero-order valence-electron chi connectivity index (χ0n) is 17.2. The van der Waals surface area contributed by atoms with Gasteiger partial charge in [0.05, 0.1) is 17.7 Å². The topological polar surface area (TPSA) is 107 Å². The molecule has 0 radical (unpaired) electrons. The van der Waals surface area contributed by atoms with Crippen LogP contribution in [0.5, 0.6) is 0 Å². The highest BCUT2D eigenvalue weighted by atomic mass is 19.1. The minimum atomic E-state index is -0.605. The number of carbonyl (C=O) groups excluding carboxylic acids is 1. The number of likely N-dealkylation sites (tertiary alicyclic amines) is 1. The molecular weight excluding hydrogens is 389 g/mol. The van der Waals surface area contributed by atoms with Gasteiger partial charge in [-0.1, -0.05) is 0 Å². The number of aliphatic hydroxyl groups is 1. The number of hydrogen-bond acceptors (Lipinski definition) is 5. The third-order valence-corrected chi connectivity index (χ3v) is 5.66. The molecular formula is C21H24FN5O3. The molecule has 2 N–H and O–H groups in total. The maximum atomic E-state index is 13.9. The van der Waals surface area contributed by atoms with Crippen molar-refractivity contribution in [2.24, 2.45) is 0 Å². The Labute approximate surface area is 172 Å². The van der Waals surface area contributed by atoms with Crippen LogP contribution in [0, 0.1) is 17.1 Å². The second kappa shape index (κ2) is 6.99. The molecule has 0 atom stereocenters. The molecule has 2 aromatic heterocycles. The van der Waals surface area contributed by atoms with E-state index < -0.39 is 16.8 Å². The van der Waals surface area contributed by atoms with Gasteiger partial charge in [-0.2, -0.15) is 5.26 Å². The Hall–Kier alpha value is -3.12. The van der Waals surface area contributed by atoms with Crippen LogP contribution >= 0.6 is 0 Å². The lowest BCUT2D eigenvalue weighted by molar-refractivity contribution is 0.0124. The van der Waals surface area contributed by atoms with Crippen LogP contribution < -0.4 is 0 Å². The molecule has 158 valence electrons. The van der Waals surface area contributed by atoms with Gasteiger partial charge in [0.25, 0.3) is 0 Å². The van der Waals surface area contributed by atoms with E-state index in [1.165, 1.54) is 12.1 Å². The number of ether oxygens (including phenoxy) is 1. The number of halogens is 1. The fourth-order valence-corrected chi connectivity index (χ4v) is 4.11. The van der Waals surface area contributed by atoms with Crippen molar-refractivity contribution in [1.29, 1.82) is 5.26 Å². The van der Waals surface area contributed by atoms with E-state index in [1.54, 1.807) is 15.6 Å². The molecule has 0 aliphatic carbocycles. The summed E-state index contributed by atoms with van der Waals surface area (Å²) in [6.45, 7) is 6.22. The third-order valence-electron chi connectivity index (χ3n) is 5.66. The predicted octanol–water partition coefficient (Wildman–Crippen LogP) is 3.09. The van der Waals surface area contributed by atoms with Gasteiger partial charge in [0.15, 0.2) is 5.65 Å². The number of nitrogens with zero attached hydrogens (tertiary/aromatic N) is 4. The first-order chi connectivity index (χ1) is 14.2. The maximum Gasteiger partial charge on any atom is 0.410 e. The standard InChI is InChI=1S/C21H24FN5O3/c1-20(2,3)30-19(29)26-6-4-21(12-28,5-7-26)15-11-24-27-17-13(10-23)8-14(22)9-16(17)25-18(15)27/h8-9,11,24,28H,4-7,12H2,1-3H3. The zero-order chi connectivity index (χ0) is 21.7. The van der Waals surface area contributed by atoms with Crippen molar-refractivity contribution in [2.45, 2.75) is 44.6 Å². The smallest absolute Gasteiger partial charge is 0.410 e. The Balaban J connectivity index is 1.69. The van der Waals surface area contributed by atoms with E-state index in [9.17, 15) is 19.6 Å². The van der Waals surface area contributed by atoms with Gasteiger partial charge in [-0.05, 0) is 39.7 Å². The number of nitriles is 1. The Morgan fingerprint density at radius 2 is 2.10 bits per heavy atom. The molecule has 3 aromatic rings. The number of nitrogens with one attached hydrogen (secondary N) is 1. The highest BCUT2D eigenvalue weighted by molar-refractivity contribution is 5.86. The highest BCUT2D eigenvalue weighted by Crippen LogP contribution is 2.38. The molecule has 1 aromatic carbocycles. The number of imidazole rings is 1. The predicted molar refractivity (Wildman–Crippen MR) is 108 cm³/mol. The quantitative estimate of drug-likeness (QED) is 0.671. The average Bonchev–Trinajstić information content (AvgIpc) is 3.25. The van der Waals surface area contributed by atoms with Crippen LogP contribution in [0.15, 0.2) is 18.3 Å². The van der Waals surface area contributed by atoms with Crippen LogP contribution in [-0.2, 0) is 10.2 Å². The molecule has 3 heterocycles. The molecule has 0 saturated carbocycles. The monoisotopic (exact) mass is 413 g/mol. The summed E-state index contributed by atoms with van der Waals surface area (Å²) in [7, 11) is 0. The van der Waals surface area contributed by atoms with E-state index in [0.717, 1.165) is 5.56 Å².